The first-order chi connectivity index (χ1) is 7.40. The molecule has 3 nitrogen and oxygen atoms in total. The van der Waals surface area contributed by atoms with Crippen molar-refractivity contribution in [2.45, 2.75) is 33.3 Å². The van der Waals surface area contributed by atoms with Crippen LogP contribution in [0.1, 0.15) is 23.6 Å². The topological polar surface area (TPSA) is 63.3 Å². The van der Waals surface area contributed by atoms with Gasteiger partial charge in [-0.15, -0.1) is 0 Å². The number of aliphatic hydroxyl groups is 1. The number of hydrogen-bond donors (Lipinski definition) is 2. The van der Waals surface area contributed by atoms with Crippen LogP contribution in [0.2, 0.25) is 0 Å². The van der Waals surface area contributed by atoms with Crippen LogP contribution in [0.3, 0.4) is 0 Å². The zero-order valence-electron chi connectivity index (χ0n) is 10.0. The Hall–Kier alpha value is -1.35. The molecule has 3 heteroatoms. The van der Waals surface area contributed by atoms with Gasteiger partial charge in [-0.2, -0.15) is 0 Å². The first-order valence-corrected chi connectivity index (χ1v) is 5.44. The third kappa shape index (κ3) is 3.35. The Labute approximate surface area is 96.3 Å². The lowest BCUT2D eigenvalue weighted by molar-refractivity contribution is -0.128. The highest BCUT2D eigenvalue weighted by Crippen LogP contribution is 2.15. The summed E-state index contributed by atoms with van der Waals surface area (Å²) >= 11 is 0. The van der Waals surface area contributed by atoms with Crippen molar-refractivity contribution < 1.29 is 9.90 Å². The summed E-state index contributed by atoms with van der Waals surface area (Å²) in [5, 5.41) is 9.52. The maximum Gasteiger partial charge on any atom is 0.246 e. The number of hydrogen-bond acceptors (Lipinski definition) is 2. The molecule has 1 aromatic carbocycles. The zero-order chi connectivity index (χ0) is 12.3. The van der Waals surface area contributed by atoms with Gasteiger partial charge in [0.15, 0.2) is 0 Å². The smallest absolute Gasteiger partial charge is 0.246 e. The van der Waals surface area contributed by atoms with Gasteiger partial charge in [-0.1, -0.05) is 36.2 Å². The number of rotatable bonds is 4. The highest BCUT2D eigenvalue weighted by Gasteiger charge is 2.19. The summed E-state index contributed by atoms with van der Waals surface area (Å²) in [5.74, 6) is -0.810. The molecule has 0 saturated carbocycles. The van der Waals surface area contributed by atoms with Crippen LogP contribution >= 0.6 is 0 Å². The van der Waals surface area contributed by atoms with Crippen molar-refractivity contribution >= 4 is 5.91 Å². The number of benzene rings is 1. The van der Waals surface area contributed by atoms with Gasteiger partial charge in [-0.05, 0) is 31.7 Å². The lowest BCUT2D eigenvalue weighted by Crippen LogP contribution is -2.34. The average molecular weight is 221 g/mol. The molecule has 0 spiro atoms. The first kappa shape index (κ1) is 12.7. The standard InChI is InChI=1S/C13H19NO2/c1-8-4-9(2)6-11(5-8)7-10(3)12(15)13(14)16/h4-6,10,12,15H,7H2,1-3H3,(H2,14,16)/t10-,12?/m0/s1. The van der Waals surface area contributed by atoms with E-state index in [2.05, 4.69) is 18.2 Å². The number of carbonyl (C=O) groups excluding carboxylic acids is 1. The Balaban J connectivity index is 2.76. The Morgan fingerprint density at radius 2 is 1.81 bits per heavy atom. The van der Waals surface area contributed by atoms with E-state index in [4.69, 9.17) is 5.73 Å². The van der Waals surface area contributed by atoms with Crippen molar-refractivity contribution in [2.75, 3.05) is 0 Å². The fraction of sp³-hybridized carbons (Fsp3) is 0.462. The molecule has 0 heterocycles. The zero-order valence-corrected chi connectivity index (χ0v) is 10.0. The second kappa shape index (κ2) is 5.12. The Kier molecular flexibility index (Phi) is 4.07. The van der Waals surface area contributed by atoms with Crippen LogP contribution in [0, 0.1) is 19.8 Å². The summed E-state index contributed by atoms with van der Waals surface area (Å²) in [6.07, 6.45) is -0.409. The molecule has 0 bridgehead atoms. The number of aliphatic hydroxyl groups excluding tert-OH is 1. The minimum Gasteiger partial charge on any atom is -0.383 e. The van der Waals surface area contributed by atoms with Crippen molar-refractivity contribution in [3.63, 3.8) is 0 Å². The molecular weight excluding hydrogens is 202 g/mol. The van der Waals surface area contributed by atoms with Crippen molar-refractivity contribution in [3.05, 3.63) is 34.9 Å². The molecule has 0 saturated heterocycles. The largest absolute Gasteiger partial charge is 0.383 e. The van der Waals surface area contributed by atoms with E-state index >= 15 is 0 Å². The quantitative estimate of drug-likeness (QED) is 0.805. The van der Waals surface area contributed by atoms with Crippen molar-refractivity contribution in [1.82, 2.24) is 0 Å². The molecule has 0 aliphatic carbocycles. The van der Waals surface area contributed by atoms with E-state index in [1.54, 1.807) is 0 Å². The van der Waals surface area contributed by atoms with E-state index in [1.807, 2.05) is 20.8 Å². The summed E-state index contributed by atoms with van der Waals surface area (Å²) in [7, 11) is 0. The molecule has 0 aromatic heterocycles. The molecular formula is C13H19NO2. The minimum absolute atomic E-state index is 0.154. The number of aryl methyl sites for hydroxylation is 2. The number of nitrogens with two attached hydrogens (primary N) is 1. The van der Waals surface area contributed by atoms with Gasteiger partial charge in [0.1, 0.15) is 6.10 Å². The van der Waals surface area contributed by atoms with Gasteiger partial charge in [0.25, 0.3) is 0 Å². The lowest BCUT2D eigenvalue weighted by atomic mass is 9.94. The fourth-order valence-electron chi connectivity index (χ4n) is 1.95. The van der Waals surface area contributed by atoms with Crippen molar-refractivity contribution in [1.29, 1.82) is 0 Å². The van der Waals surface area contributed by atoms with Crippen LogP contribution in [0.15, 0.2) is 18.2 Å². The maximum absolute atomic E-state index is 10.8. The van der Waals surface area contributed by atoms with E-state index in [0.717, 1.165) is 5.56 Å². The Morgan fingerprint density at radius 3 is 2.25 bits per heavy atom. The van der Waals surface area contributed by atoms with Gasteiger partial charge >= 0.3 is 0 Å². The predicted octanol–water partition coefficient (Wildman–Crippen LogP) is 1.33. The molecule has 3 N–H and O–H groups in total. The van der Waals surface area contributed by atoms with Crippen LogP contribution in [0.5, 0.6) is 0 Å². The predicted molar refractivity (Wildman–Crippen MR) is 64.0 cm³/mol. The molecule has 88 valence electrons. The number of amides is 1. The molecule has 1 amide bonds. The molecule has 0 aliphatic heterocycles. The van der Waals surface area contributed by atoms with Gasteiger partial charge in [-0.3, -0.25) is 4.79 Å². The van der Waals surface area contributed by atoms with Crippen molar-refractivity contribution in [2.24, 2.45) is 11.7 Å². The van der Waals surface area contributed by atoms with E-state index in [9.17, 15) is 9.90 Å². The normalized spacial score (nSPS) is 14.5. The monoisotopic (exact) mass is 221 g/mol. The van der Waals surface area contributed by atoms with Gasteiger partial charge in [0.05, 0.1) is 0 Å². The molecule has 16 heavy (non-hydrogen) atoms. The molecule has 1 unspecified atom stereocenters. The van der Waals surface area contributed by atoms with Gasteiger partial charge in [-0.25, -0.2) is 0 Å². The van der Waals surface area contributed by atoms with Crippen LogP contribution in [0.4, 0.5) is 0 Å². The second-order valence-corrected chi connectivity index (χ2v) is 4.52. The van der Waals surface area contributed by atoms with Gasteiger partial charge in [0, 0.05) is 0 Å². The molecule has 1 aromatic rings. The molecule has 2 atom stereocenters. The summed E-state index contributed by atoms with van der Waals surface area (Å²) in [5.41, 5.74) is 8.57. The van der Waals surface area contributed by atoms with E-state index in [1.165, 1.54) is 11.1 Å². The summed E-state index contributed by atoms with van der Waals surface area (Å²) in [6, 6.07) is 6.23. The third-order valence-electron chi connectivity index (χ3n) is 2.67. The van der Waals surface area contributed by atoms with E-state index < -0.39 is 12.0 Å². The average Bonchev–Trinajstić information content (AvgIpc) is 2.14. The lowest BCUT2D eigenvalue weighted by Gasteiger charge is -2.16. The number of primary amides is 1. The second-order valence-electron chi connectivity index (χ2n) is 4.52. The van der Waals surface area contributed by atoms with Crippen LogP contribution in [0.25, 0.3) is 0 Å². The van der Waals surface area contributed by atoms with Crippen molar-refractivity contribution in [3.8, 4) is 0 Å². The van der Waals surface area contributed by atoms with E-state index in [-0.39, 0.29) is 5.92 Å². The molecule has 0 aliphatic rings. The molecule has 1 rings (SSSR count). The fourth-order valence-corrected chi connectivity index (χ4v) is 1.95. The van der Waals surface area contributed by atoms with Crippen LogP contribution in [-0.4, -0.2) is 17.1 Å². The highest BCUT2D eigenvalue weighted by atomic mass is 16.3. The SMILES string of the molecule is Cc1cc(C)cc(C[C@H](C)C(O)C(N)=O)c1. The Morgan fingerprint density at radius 1 is 1.31 bits per heavy atom. The summed E-state index contributed by atoms with van der Waals surface area (Å²) in [6.45, 7) is 5.89. The molecule has 0 radical (unpaired) electrons. The summed E-state index contributed by atoms with van der Waals surface area (Å²) < 4.78 is 0. The minimum atomic E-state index is -1.07. The first-order valence-electron chi connectivity index (χ1n) is 5.44. The number of carbonyl (C=O) groups is 1. The van der Waals surface area contributed by atoms with E-state index in [0.29, 0.717) is 6.42 Å². The maximum atomic E-state index is 10.8. The third-order valence-corrected chi connectivity index (χ3v) is 2.67. The Bertz CT molecular complexity index is 367. The summed E-state index contributed by atoms with van der Waals surface area (Å²) in [4.78, 5) is 10.8. The van der Waals surface area contributed by atoms with Crippen LogP contribution < -0.4 is 5.73 Å². The van der Waals surface area contributed by atoms with Gasteiger partial charge in [0.2, 0.25) is 5.91 Å². The highest BCUT2D eigenvalue weighted by molar-refractivity contribution is 5.78. The van der Waals surface area contributed by atoms with Crippen LogP contribution in [-0.2, 0) is 11.2 Å². The molecule has 0 fully saturated rings. The van der Waals surface area contributed by atoms with Gasteiger partial charge < -0.3 is 10.8 Å².